The molecule has 0 bridgehead atoms. The zero-order chi connectivity index (χ0) is 13.8. The first-order valence-corrected chi connectivity index (χ1v) is 6.17. The van der Waals surface area contributed by atoms with Gasteiger partial charge in [0.15, 0.2) is 0 Å². The van der Waals surface area contributed by atoms with Gasteiger partial charge in [0, 0.05) is 28.5 Å². The molecule has 1 aromatic carbocycles. The minimum atomic E-state index is -0.276. The van der Waals surface area contributed by atoms with Crippen LogP contribution in [0.1, 0.15) is 15.9 Å². The zero-order valence-corrected chi connectivity index (χ0v) is 11.3. The Morgan fingerprint density at radius 3 is 2.58 bits per heavy atom. The van der Waals surface area contributed by atoms with Crippen molar-refractivity contribution in [2.45, 2.75) is 0 Å². The number of benzene rings is 1. The quantitative estimate of drug-likeness (QED) is 0.853. The second-order valence-corrected chi connectivity index (χ2v) is 4.62. The Bertz CT molecular complexity index is 631. The number of rotatable bonds is 3. The number of carbonyl (C=O) groups excluding carboxylic acids is 1. The van der Waals surface area contributed by atoms with Crippen LogP contribution in [-0.4, -0.2) is 15.9 Å². The number of nitrogens with one attached hydrogen (secondary N) is 1. The van der Waals surface area contributed by atoms with E-state index in [0.717, 1.165) is 0 Å². The number of nitrogens with two attached hydrogens (primary N) is 1. The van der Waals surface area contributed by atoms with Crippen molar-refractivity contribution in [2.75, 3.05) is 5.32 Å². The van der Waals surface area contributed by atoms with Crippen LogP contribution in [0.2, 0.25) is 5.02 Å². The SMILES string of the molecule is NC(=S)c1ccc(Cl)cc1NC(=O)c1ccncc1. The lowest BCUT2D eigenvalue weighted by Crippen LogP contribution is -2.17. The fourth-order valence-corrected chi connectivity index (χ4v) is 1.88. The molecule has 0 radical (unpaired) electrons. The Balaban J connectivity index is 2.31. The number of hydrogen-bond donors (Lipinski definition) is 2. The average molecular weight is 292 g/mol. The molecule has 96 valence electrons. The number of thiocarbonyl (C=S) groups is 1. The van der Waals surface area contributed by atoms with E-state index < -0.39 is 0 Å². The minimum Gasteiger partial charge on any atom is -0.389 e. The van der Waals surface area contributed by atoms with Crippen molar-refractivity contribution in [1.29, 1.82) is 0 Å². The third-order valence-electron chi connectivity index (χ3n) is 2.44. The van der Waals surface area contributed by atoms with Crippen LogP contribution < -0.4 is 11.1 Å². The van der Waals surface area contributed by atoms with Gasteiger partial charge in [-0.05, 0) is 30.3 Å². The number of hydrogen-bond acceptors (Lipinski definition) is 3. The van der Waals surface area contributed by atoms with E-state index in [4.69, 9.17) is 29.6 Å². The molecule has 0 saturated heterocycles. The van der Waals surface area contributed by atoms with Crippen molar-refractivity contribution in [3.63, 3.8) is 0 Å². The second kappa shape index (κ2) is 5.77. The highest BCUT2D eigenvalue weighted by atomic mass is 35.5. The van der Waals surface area contributed by atoms with Gasteiger partial charge in [0.25, 0.3) is 5.91 Å². The summed E-state index contributed by atoms with van der Waals surface area (Å²) in [6, 6.07) is 8.17. The van der Waals surface area contributed by atoms with Gasteiger partial charge in [-0.1, -0.05) is 23.8 Å². The minimum absolute atomic E-state index is 0.196. The molecule has 6 heteroatoms. The number of anilines is 1. The Morgan fingerprint density at radius 2 is 1.95 bits per heavy atom. The maximum absolute atomic E-state index is 12.0. The van der Waals surface area contributed by atoms with Gasteiger partial charge < -0.3 is 11.1 Å². The largest absolute Gasteiger partial charge is 0.389 e. The number of halogens is 1. The molecular formula is C13H10ClN3OS. The van der Waals surface area contributed by atoms with Gasteiger partial charge in [0.1, 0.15) is 4.99 Å². The predicted octanol–water partition coefficient (Wildman–Crippen LogP) is 2.62. The highest BCUT2D eigenvalue weighted by Crippen LogP contribution is 2.21. The van der Waals surface area contributed by atoms with Gasteiger partial charge in [-0.15, -0.1) is 0 Å². The maximum atomic E-state index is 12.0. The third-order valence-corrected chi connectivity index (χ3v) is 2.89. The van der Waals surface area contributed by atoms with Crippen LogP contribution in [0, 0.1) is 0 Å². The van der Waals surface area contributed by atoms with Crippen LogP contribution in [0.25, 0.3) is 0 Å². The van der Waals surface area contributed by atoms with E-state index in [-0.39, 0.29) is 10.9 Å². The number of nitrogens with zero attached hydrogens (tertiary/aromatic N) is 1. The van der Waals surface area contributed by atoms with E-state index in [0.29, 0.717) is 21.8 Å². The summed E-state index contributed by atoms with van der Waals surface area (Å²) in [5.41, 5.74) is 7.15. The van der Waals surface area contributed by atoms with E-state index >= 15 is 0 Å². The summed E-state index contributed by atoms with van der Waals surface area (Å²) >= 11 is 10.8. The molecule has 0 unspecified atom stereocenters. The van der Waals surface area contributed by atoms with Crippen molar-refractivity contribution in [3.8, 4) is 0 Å². The van der Waals surface area contributed by atoms with E-state index in [9.17, 15) is 4.79 Å². The summed E-state index contributed by atoms with van der Waals surface area (Å²) in [4.78, 5) is 16.1. The Kier molecular flexibility index (Phi) is 4.09. The number of aromatic nitrogens is 1. The monoisotopic (exact) mass is 291 g/mol. The smallest absolute Gasteiger partial charge is 0.255 e. The summed E-state index contributed by atoms with van der Waals surface area (Å²) in [6.45, 7) is 0. The first kappa shape index (κ1) is 13.5. The molecule has 3 N–H and O–H groups in total. The molecule has 4 nitrogen and oxygen atoms in total. The summed E-state index contributed by atoms with van der Waals surface area (Å²) < 4.78 is 0. The predicted molar refractivity (Wildman–Crippen MR) is 79.5 cm³/mol. The molecule has 1 heterocycles. The van der Waals surface area contributed by atoms with Crippen LogP contribution in [0.5, 0.6) is 0 Å². The summed E-state index contributed by atoms with van der Waals surface area (Å²) in [5, 5.41) is 3.22. The topological polar surface area (TPSA) is 68.0 Å². The van der Waals surface area contributed by atoms with Gasteiger partial charge in [0.05, 0.1) is 5.69 Å². The molecule has 0 aliphatic carbocycles. The molecule has 0 aliphatic heterocycles. The first-order chi connectivity index (χ1) is 9.08. The molecule has 2 aromatic rings. The van der Waals surface area contributed by atoms with Crippen molar-refractivity contribution < 1.29 is 4.79 Å². The first-order valence-electron chi connectivity index (χ1n) is 5.38. The Morgan fingerprint density at radius 1 is 1.26 bits per heavy atom. The molecule has 0 saturated carbocycles. The highest BCUT2D eigenvalue weighted by Gasteiger charge is 2.11. The van der Waals surface area contributed by atoms with Crippen LogP contribution in [0.4, 0.5) is 5.69 Å². The lowest BCUT2D eigenvalue weighted by atomic mass is 10.1. The lowest BCUT2D eigenvalue weighted by molar-refractivity contribution is 0.102. The molecule has 2 rings (SSSR count). The van der Waals surface area contributed by atoms with Crippen molar-refractivity contribution in [2.24, 2.45) is 5.73 Å². The van der Waals surface area contributed by atoms with Crippen LogP contribution in [-0.2, 0) is 0 Å². The second-order valence-electron chi connectivity index (χ2n) is 3.74. The van der Waals surface area contributed by atoms with Crippen molar-refractivity contribution in [3.05, 3.63) is 58.9 Å². The average Bonchev–Trinajstić information content (AvgIpc) is 2.39. The van der Waals surface area contributed by atoms with E-state index in [2.05, 4.69) is 10.3 Å². The molecule has 0 aliphatic rings. The molecule has 19 heavy (non-hydrogen) atoms. The van der Waals surface area contributed by atoms with Crippen molar-refractivity contribution >= 4 is 40.4 Å². The third kappa shape index (κ3) is 3.27. The molecule has 0 atom stereocenters. The van der Waals surface area contributed by atoms with Crippen molar-refractivity contribution in [1.82, 2.24) is 4.98 Å². The summed E-state index contributed by atoms with van der Waals surface area (Å²) in [7, 11) is 0. The molecule has 0 spiro atoms. The standard InChI is InChI=1S/C13H10ClN3OS/c14-9-1-2-10(12(15)19)11(7-9)17-13(18)8-3-5-16-6-4-8/h1-7H,(H2,15,19)(H,17,18). The molecule has 0 fully saturated rings. The van der Waals surface area contributed by atoms with E-state index in [1.165, 1.54) is 0 Å². The van der Waals surface area contributed by atoms with Gasteiger partial charge in [-0.3, -0.25) is 9.78 Å². The number of carbonyl (C=O) groups is 1. The van der Waals surface area contributed by atoms with Crippen LogP contribution in [0.15, 0.2) is 42.7 Å². The van der Waals surface area contributed by atoms with Crippen LogP contribution >= 0.6 is 23.8 Å². The summed E-state index contributed by atoms with van der Waals surface area (Å²) in [5.74, 6) is -0.276. The zero-order valence-electron chi connectivity index (χ0n) is 9.76. The lowest BCUT2D eigenvalue weighted by Gasteiger charge is -2.10. The fourth-order valence-electron chi connectivity index (χ4n) is 1.53. The molecular weight excluding hydrogens is 282 g/mol. The van der Waals surface area contributed by atoms with Gasteiger partial charge in [0.2, 0.25) is 0 Å². The Hall–Kier alpha value is -1.98. The van der Waals surface area contributed by atoms with Gasteiger partial charge in [-0.25, -0.2) is 0 Å². The van der Waals surface area contributed by atoms with Gasteiger partial charge >= 0.3 is 0 Å². The number of amides is 1. The highest BCUT2D eigenvalue weighted by molar-refractivity contribution is 7.80. The van der Waals surface area contributed by atoms with Gasteiger partial charge in [-0.2, -0.15) is 0 Å². The fraction of sp³-hybridized carbons (Fsp3) is 0. The maximum Gasteiger partial charge on any atom is 0.255 e. The molecule has 1 aromatic heterocycles. The molecule has 1 amide bonds. The summed E-state index contributed by atoms with van der Waals surface area (Å²) in [6.07, 6.45) is 3.09. The number of pyridine rings is 1. The van der Waals surface area contributed by atoms with Crippen LogP contribution in [0.3, 0.4) is 0 Å². The van der Waals surface area contributed by atoms with E-state index in [1.807, 2.05) is 0 Å². The Labute approximate surface area is 120 Å². The normalized spacial score (nSPS) is 9.95. The van der Waals surface area contributed by atoms with E-state index in [1.54, 1.807) is 42.7 Å².